The number of likely N-dealkylation sites (N-methyl/N-ethyl adjacent to an activating group) is 1. The fourth-order valence-electron chi connectivity index (χ4n) is 0.793. The standard InChI is InChI=1S/C9H18N2O3/c1-4-11(3)6-5-10-8(12)7(2)9(13)14/h7H,4-6H2,1-3H3,(H,10,12)(H,13,14). The van der Waals surface area contributed by atoms with E-state index in [1.165, 1.54) is 6.92 Å². The Kier molecular flexibility index (Phi) is 5.87. The number of carbonyl (C=O) groups is 2. The third kappa shape index (κ3) is 4.81. The van der Waals surface area contributed by atoms with Crippen molar-refractivity contribution in [2.45, 2.75) is 13.8 Å². The summed E-state index contributed by atoms with van der Waals surface area (Å²) in [4.78, 5) is 23.6. The lowest BCUT2D eigenvalue weighted by Crippen LogP contribution is -2.38. The quantitative estimate of drug-likeness (QED) is 0.584. The van der Waals surface area contributed by atoms with E-state index in [0.29, 0.717) is 6.54 Å². The molecule has 0 aliphatic heterocycles. The summed E-state index contributed by atoms with van der Waals surface area (Å²) in [6, 6.07) is 0. The summed E-state index contributed by atoms with van der Waals surface area (Å²) in [5, 5.41) is 11.1. The maximum absolute atomic E-state index is 11.1. The molecule has 0 aromatic carbocycles. The van der Waals surface area contributed by atoms with Crippen LogP contribution in [0.15, 0.2) is 0 Å². The van der Waals surface area contributed by atoms with Gasteiger partial charge < -0.3 is 15.3 Å². The van der Waals surface area contributed by atoms with E-state index >= 15 is 0 Å². The number of carboxylic acid groups (broad SMARTS) is 1. The largest absolute Gasteiger partial charge is 0.481 e. The molecule has 0 aliphatic rings. The third-order valence-corrected chi connectivity index (χ3v) is 2.10. The Balaban J connectivity index is 3.69. The van der Waals surface area contributed by atoms with Crippen molar-refractivity contribution in [2.24, 2.45) is 5.92 Å². The maximum atomic E-state index is 11.1. The molecule has 1 unspecified atom stereocenters. The summed E-state index contributed by atoms with van der Waals surface area (Å²) in [6.45, 7) is 5.52. The lowest BCUT2D eigenvalue weighted by atomic mass is 10.2. The third-order valence-electron chi connectivity index (χ3n) is 2.10. The number of carboxylic acids is 1. The summed E-state index contributed by atoms with van der Waals surface area (Å²) in [5.41, 5.74) is 0. The molecule has 5 heteroatoms. The average molecular weight is 202 g/mol. The molecule has 0 aromatic heterocycles. The first-order chi connectivity index (χ1) is 6.49. The highest BCUT2D eigenvalue weighted by Crippen LogP contribution is 1.93. The van der Waals surface area contributed by atoms with Gasteiger partial charge in [-0.15, -0.1) is 0 Å². The molecule has 0 spiro atoms. The molecule has 1 amide bonds. The van der Waals surface area contributed by atoms with Gasteiger partial charge in [0.25, 0.3) is 0 Å². The van der Waals surface area contributed by atoms with Gasteiger partial charge in [-0.3, -0.25) is 9.59 Å². The molecule has 14 heavy (non-hydrogen) atoms. The van der Waals surface area contributed by atoms with Crippen LogP contribution in [0.4, 0.5) is 0 Å². The van der Waals surface area contributed by atoms with Crippen molar-refractivity contribution in [3.05, 3.63) is 0 Å². The van der Waals surface area contributed by atoms with Gasteiger partial charge in [-0.05, 0) is 20.5 Å². The molecule has 1 atom stereocenters. The number of nitrogens with zero attached hydrogens (tertiary/aromatic N) is 1. The van der Waals surface area contributed by atoms with E-state index in [0.717, 1.165) is 13.1 Å². The van der Waals surface area contributed by atoms with E-state index in [-0.39, 0.29) is 0 Å². The van der Waals surface area contributed by atoms with Gasteiger partial charge in [0, 0.05) is 13.1 Å². The predicted molar refractivity (Wildman–Crippen MR) is 53.0 cm³/mol. The minimum absolute atomic E-state index is 0.429. The van der Waals surface area contributed by atoms with Gasteiger partial charge in [0.2, 0.25) is 5.91 Å². The Hall–Kier alpha value is -1.10. The molecule has 0 fully saturated rings. The fraction of sp³-hybridized carbons (Fsp3) is 0.778. The van der Waals surface area contributed by atoms with Gasteiger partial charge in [-0.25, -0.2) is 0 Å². The monoisotopic (exact) mass is 202 g/mol. The second-order valence-electron chi connectivity index (χ2n) is 3.25. The first-order valence-corrected chi connectivity index (χ1v) is 4.68. The van der Waals surface area contributed by atoms with E-state index in [9.17, 15) is 9.59 Å². The van der Waals surface area contributed by atoms with Crippen molar-refractivity contribution in [1.82, 2.24) is 10.2 Å². The number of aliphatic carboxylic acids is 1. The molecule has 0 heterocycles. The zero-order chi connectivity index (χ0) is 11.1. The summed E-state index contributed by atoms with van der Waals surface area (Å²) >= 11 is 0. The number of hydrogen-bond acceptors (Lipinski definition) is 3. The summed E-state index contributed by atoms with van der Waals surface area (Å²) in [7, 11) is 1.94. The van der Waals surface area contributed by atoms with Gasteiger partial charge in [-0.2, -0.15) is 0 Å². The van der Waals surface area contributed by atoms with E-state index in [4.69, 9.17) is 5.11 Å². The smallest absolute Gasteiger partial charge is 0.315 e. The van der Waals surface area contributed by atoms with Gasteiger partial charge in [0.1, 0.15) is 5.92 Å². The molecule has 0 radical (unpaired) electrons. The Morgan fingerprint density at radius 1 is 1.50 bits per heavy atom. The Bertz CT molecular complexity index is 206. The number of hydrogen-bond donors (Lipinski definition) is 2. The molecule has 0 bridgehead atoms. The number of nitrogens with one attached hydrogen (secondary N) is 1. The van der Waals surface area contributed by atoms with E-state index in [2.05, 4.69) is 5.32 Å². The molecule has 5 nitrogen and oxygen atoms in total. The Morgan fingerprint density at radius 2 is 2.07 bits per heavy atom. The van der Waals surface area contributed by atoms with Crippen molar-refractivity contribution >= 4 is 11.9 Å². The van der Waals surface area contributed by atoms with Crippen LogP contribution in [-0.4, -0.2) is 48.6 Å². The lowest BCUT2D eigenvalue weighted by Gasteiger charge is -2.14. The normalized spacial score (nSPS) is 12.6. The van der Waals surface area contributed by atoms with E-state index in [1.54, 1.807) is 0 Å². The van der Waals surface area contributed by atoms with Crippen LogP contribution < -0.4 is 5.32 Å². The molecule has 0 saturated heterocycles. The first-order valence-electron chi connectivity index (χ1n) is 4.68. The molecule has 0 aliphatic carbocycles. The van der Waals surface area contributed by atoms with Crippen LogP contribution in [-0.2, 0) is 9.59 Å². The van der Waals surface area contributed by atoms with E-state index in [1.807, 2.05) is 18.9 Å². The van der Waals surface area contributed by atoms with Gasteiger partial charge >= 0.3 is 5.97 Å². The minimum Gasteiger partial charge on any atom is -0.481 e. The van der Waals surface area contributed by atoms with Crippen molar-refractivity contribution in [2.75, 3.05) is 26.7 Å². The summed E-state index contributed by atoms with van der Waals surface area (Å²) < 4.78 is 0. The van der Waals surface area contributed by atoms with Crippen molar-refractivity contribution < 1.29 is 14.7 Å². The summed E-state index contributed by atoms with van der Waals surface area (Å²) in [5.74, 6) is -2.49. The van der Waals surface area contributed by atoms with Crippen LogP contribution in [0, 0.1) is 5.92 Å². The molecule has 0 rings (SSSR count). The first kappa shape index (κ1) is 12.9. The van der Waals surface area contributed by atoms with Crippen LogP contribution >= 0.6 is 0 Å². The molecular formula is C9H18N2O3. The van der Waals surface area contributed by atoms with Crippen LogP contribution in [0.25, 0.3) is 0 Å². The number of amides is 1. The molecule has 0 saturated carbocycles. The zero-order valence-corrected chi connectivity index (χ0v) is 8.91. The fourth-order valence-corrected chi connectivity index (χ4v) is 0.793. The highest BCUT2D eigenvalue weighted by atomic mass is 16.4. The zero-order valence-electron chi connectivity index (χ0n) is 8.91. The van der Waals surface area contributed by atoms with Gasteiger partial charge in [0.15, 0.2) is 0 Å². The highest BCUT2D eigenvalue weighted by Gasteiger charge is 2.19. The minimum atomic E-state index is -1.09. The topological polar surface area (TPSA) is 69.6 Å². The van der Waals surface area contributed by atoms with Crippen LogP contribution in [0.3, 0.4) is 0 Å². The molecule has 2 N–H and O–H groups in total. The highest BCUT2D eigenvalue weighted by molar-refractivity contribution is 5.96. The Labute approximate surface area is 84.1 Å². The molecular weight excluding hydrogens is 184 g/mol. The predicted octanol–water partition coefficient (Wildman–Crippen LogP) is -0.225. The Morgan fingerprint density at radius 3 is 2.50 bits per heavy atom. The van der Waals surface area contributed by atoms with Crippen molar-refractivity contribution in [3.8, 4) is 0 Å². The van der Waals surface area contributed by atoms with E-state index < -0.39 is 17.8 Å². The number of rotatable bonds is 6. The molecule has 82 valence electrons. The number of carbonyl (C=O) groups excluding carboxylic acids is 1. The average Bonchev–Trinajstić information content (AvgIpc) is 2.15. The van der Waals surface area contributed by atoms with Crippen LogP contribution in [0.5, 0.6) is 0 Å². The van der Waals surface area contributed by atoms with Gasteiger partial charge in [-0.1, -0.05) is 6.92 Å². The maximum Gasteiger partial charge on any atom is 0.315 e. The second-order valence-corrected chi connectivity index (χ2v) is 3.25. The van der Waals surface area contributed by atoms with Crippen LogP contribution in [0.2, 0.25) is 0 Å². The van der Waals surface area contributed by atoms with Crippen LogP contribution in [0.1, 0.15) is 13.8 Å². The SMILES string of the molecule is CCN(C)CCNC(=O)C(C)C(=O)O. The summed E-state index contributed by atoms with van der Waals surface area (Å²) in [6.07, 6.45) is 0. The lowest BCUT2D eigenvalue weighted by molar-refractivity contribution is -0.146. The van der Waals surface area contributed by atoms with Gasteiger partial charge in [0.05, 0.1) is 0 Å². The van der Waals surface area contributed by atoms with Crippen molar-refractivity contribution in [3.63, 3.8) is 0 Å². The van der Waals surface area contributed by atoms with Crippen molar-refractivity contribution in [1.29, 1.82) is 0 Å². The molecule has 0 aromatic rings. The second kappa shape index (κ2) is 6.37.